The summed E-state index contributed by atoms with van der Waals surface area (Å²) in [6.07, 6.45) is 0. The minimum absolute atomic E-state index is 0.167. The summed E-state index contributed by atoms with van der Waals surface area (Å²) in [6.45, 7) is 0.167. The number of nitrogens with one attached hydrogen (secondary N) is 1. The minimum Gasteiger partial charge on any atom is -0.454 e. The summed E-state index contributed by atoms with van der Waals surface area (Å²) >= 11 is 0. The van der Waals surface area contributed by atoms with Gasteiger partial charge in [-0.1, -0.05) is 42.5 Å². The SMILES string of the molecule is O=C(Nc1ccc2oc(-c3ccc(-c4ccccc4)cc3)nc2c1)c1ccc2c(c1)OCO2. The quantitative estimate of drug-likeness (QED) is 0.368. The van der Waals surface area contributed by atoms with E-state index in [-0.39, 0.29) is 12.7 Å². The average Bonchev–Trinajstić information content (AvgIpc) is 3.51. The smallest absolute Gasteiger partial charge is 0.255 e. The molecule has 6 heteroatoms. The average molecular weight is 434 g/mol. The Morgan fingerprint density at radius 2 is 1.52 bits per heavy atom. The van der Waals surface area contributed by atoms with Gasteiger partial charge < -0.3 is 19.2 Å². The number of aromatic nitrogens is 1. The number of rotatable bonds is 4. The molecule has 0 saturated carbocycles. The van der Waals surface area contributed by atoms with Crippen molar-refractivity contribution < 1.29 is 18.7 Å². The third kappa shape index (κ3) is 3.68. The molecule has 0 unspecified atom stereocenters. The fourth-order valence-corrected chi connectivity index (χ4v) is 3.81. The molecule has 0 aliphatic carbocycles. The van der Waals surface area contributed by atoms with Crippen molar-refractivity contribution in [1.29, 1.82) is 0 Å². The Kier molecular flexibility index (Phi) is 4.54. The number of carbonyl (C=O) groups excluding carboxylic acids is 1. The maximum atomic E-state index is 12.7. The van der Waals surface area contributed by atoms with Crippen LogP contribution in [-0.2, 0) is 0 Å². The normalized spacial score (nSPS) is 12.1. The lowest BCUT2D eigenvalue weighted by Gasteiger charge is -2.05. The van der Waals surface area contributed by atoms with Crippen molar-refractivity contribution in [3.8, 4) is 34.1 Å². The van der Waals surface area contributed by atoms with Gasteiger partial charge in [-0.2, -0.15) is 0 Å². The van der Waals surface area contributed by atoms with Crippen molar-refractivity contribution >= 4 is 22.7 Å². The summed E-state index contributed by atoms with van der Waals surface area (Å²) < 4.78 is 16.6. The van der Waals surface area contributed by atoms with E-state index in [0.717, 1.165) is 16.7 Å². The van der Waals surface area contributed by atoms with Gasteiger partial charge in [0.05, 0.1) is 0 Å². The van der Waals surface area contributed by atoms with Gasteiger partial charge in [0.15, 0.2) is 17.1 Å². The molecule has 0 radical (unpaired) electrons. The predicted octanol–water partition coefficient (Wildman–Crippen LogP) is 6.14. The molecule has 0 spiro atoms. The van der Waals surface area contributed by atoms with Crippen LogP contribution in [0.3, 0.4) is 0 Å². The number of hydrogen-bond acceptors (Lipinski definition) is 5. The molecule has 5 aromatic rings. The summed E-state index contributed by atoms with van der Waals surface area (Å²) in [4.78, 5) is 17.3. The molecular weight excluding hydrogens is 416 g/mol. The highest BCUT2D eigenvalue weighted by Gasteiger charge is 2.17. The maximum absolute atomic E-state index is 12.7. The molecule has 2 heterocycles. The first-order chi connectivity index (χ1) is 16.2. The lowest BCUT2D eigenvalue weighted by molar-refractivity contribution is 0.102. The molecule has 6 nitrogen and oxygen atoms in total. The van der Waals surface area contributed by atoms with Crippen LogP contribution in [0, 0.1) is 0 Å². The molecule has 1 N–H and O–H groups in total. The van der Waals surface area contributed by atoms with E-state index in [9.17, 15) is 4.79 Å². The molecule has 1 aromatic heterocycles. The zero-order valence-electron chi connectivity index (χ0n) is 17.4. The van der Waals surface area contributed by atoms with E-state index in [2.05, 4.69) is 34.6 Å². The fourth-order valence-electron chi connectivity index (χ4n) is 3.81. The molecule has 1 aliphatic rings. The third-order valence-electron chi connectivity index (χ3n) is 5.52. The van der Waals surface area contributed by atoms with Gasteiger partial charge in [0.1, 0.15) is 5.52 Å². The number of carbonyl (C=O) groups is 1. The van der Waals surface area contributed by atoms with Gasteiger partial charge in [0, 0.05) is 16.8 Å². The minimum atomic E-state index is -0.243. The molecule has 160 valence electrons. The largest absolute Gasteiger partial charge is 0.454 e. The van der Waals surface area contributed by atoms with Crippen LogP contribution in [0.4, 0.5) is 5.69 Å². The van der Waals surface area contributed by atoms with Crippen molar-refractivity contribution in [2.45, 2.75) is 0 Å². The zero-order valence-corrected chi connectivity index (χ0v) is 17.4. The summed E-state index contributed by atoms with van der Waals surface area (Å²) in [5.74, 6) is 1.49. The van der Waals surface area contributed by atoms with Crippen LogP contribution < -0.4 is 14.8 Å². The Labute approximate surface area is 189 Å². The standard InChI is InChI=1S/C27H18N2O4/c30-26(20-10-12-24-25(14-20)32-16-31-24)28-21-11-13-23-22(15-21)29-27(33-23)19-8-6-18(7-9-19)17-4-2-1-3-5-17/h1-15H,16H2,(H,28,30). The molecule has 1 amide bonds. The van der Waals surface area contributed by atoms with E-state index in [4.69, 9.17) is 13.9 Å². The second kappa shape index (κ2) is 7.84. The summed E-state index contributed by atoms with van der Waals surface area (Å²) in [6, 6.07) is 28.8. The summed E-state index contributed by atoms with van der Waals surface area (Å²) in [5.41, 5.74) is 5.60. The van der Waals surface area contributed by atoms with Gasteiger partial charge in [-0.15, -0.1) is 0 Å². The summed E-state index contributed by atoms with van der Waals surface area (Å²) in [5, 5.41) is 2.90. The highest BCUT2D eigenvalue weighted by atomic mass is 16.7. The Balaban J connectivity index is 1.23. The maximum Gasteiger partial charge on any atom is 0.255 e. The number of fused-ring (bicyclic) bond motifs is 2. The van der Waals surface area contributed by atoms with E-state index < -0.39 is 0 Å². The monoisotopic (exact) mass is 434 g/mol. The number of oxazole rings is 1. The van der Waals surface area contributed by atoms with Gasteiger partial charge in [0.25, 0.3) is 5.91 Å². The second-order valence-electron chi connectivity index (χ2n) is 7.67. The van der Waals surface area contributed by atoms with Crippen LogP contribution in [0.25, 0.3) is 33.7 Å². The Bertz CT molecular complexity index is 1470. The molecule has 1 aliphatic heterocycles. The van der Waals surface area contributed by atoms with E-state index in [1.807, 2.05) is 30.3 Å². The molecule has 0 saturated heterocycles. The Morgan fingerprint density at radius 1 is 0.758 bits per heavy atom. The number of amides is 1. The van der Waals surface area contributed by atoms with Crippen LogP contribution in [0.15, 0.2) is 95.4 Å². The number of anilines is 1. The summed E-state index contributed by atoms with van der Waals surface area (Å²) in [7, 11) is 0. The van der Waals surface area contributed by atoms with Gasteiger partial charge >= 0.3 is 0 Å². The molecule has 33 heavy (non-hydrogen) atoms. The first-order valence-electron chi connectivity index (χ1n) is 10.5. The predicted molar refractivity (Wildman–Crippen MR) is 125 cm³/mol. The number of benzene rings is 4. The lowest BCUT2D eigenvalue weighted by atomic mass is 10.0. The molecule has 6 rings (SSSR count). The van der Waals surface area contributed by atoms with Gasteiger partial charge in [-0.25, -0.2) is 4.98 Å². The number of ether oxygens (including phenoxy) is 2. The highest BCUT2D eigenvalue weighted by molar-refractivity contribution is 6.05. The van der Waals surface area contributed by atoms with Crippen LogP contribution in [-0.4, -0.2) is 17.7 Å². The van der Waals surface area contributed by atoms with Crippen molar-refractivity contribution in [2.75, 3.05) is 12.1 Å². The number of nitrogens with zero attached hydrogens (tertiary/aromatic N) is 1. The topological polar surface area (TPSA) is 73.6 Å². The van der Waals surface area contributed by atoms with Crippen LogP contribution in [0.5, 0.6) is 11.5 Å². The van der Waals surface area contributed by atoms with E-state index in [1.165, 1.54) is 0 Å². The lowest BCUT2D eigenvalue weighted by Crippen LogP contribution is -2.11. The molecular formula is C27H18N2O4. The van der Waals surface area contributed by atoms with Gasteiger partial charge in [0.2, 0.25) is 12.7 Å². The van der Waals surface area contributed by atoms with Crippen molar-refractivity contribution in [3.63, 3.8) is 0 Å². The zero-order chi connectivity index (χ0) is 22.2. The first kappa shape index (κ1) is 19.1. The van der Waals surface area contributed by atoms with Crippen LogP contribution in [0.2, 0.25) is 0 Å². The van der Waals surface area contributed by atoms with Crippen LogP contribution in [0.1, 0.15) is 10.4 Å². The number of hydrogen-bond donors (Lipinski definition) is 1. The van der Waals surface area contributed by atoms with Crippen molar-refractivity contribution in [1.82, 2.24) is 4.98 Å². The van der Waals surface area contributed by atoms with E-state index in [0.29, 0.717) is 39.7 Å². The van der Waals surface area contributed by atoms with Crippen molar-refractivity contribution in [3.05, 3.63) is 96.6 Å². The first-order valence-corrected chi connectivity index (χ1v) is 10.5. The Hall–Kier alpha value is -4.58. The van der Waals surface area contributed by atoms with Crippen LogP contribution >= 0.6 is 0 Å². The van der Waals surface area contributed by atoms with Crippen molar-refractivity contribution in [2.24, 2.45) is 0 Å². The Morgan fingerprint density at radius 3 is 2.36 bits per heavy atom. The molecule has 0 atom stereocenters. The van der Waals surface area contributed by atoms with Gasteiger partial charge in [-0.05, 0) is 59.7 Å². The van der Waals surface area contributed by atoms with E-state index in [1.54, 1.807) is 36.4 Å². The molecule has 0 fully saturated rings. The molecule has 4 aromatic carbocycles. The third-order valence-corrected chi connectivity index (χ3v) is 5.52. The van der Waals surface area contributed by atoms with E-state index >= 15 is 0 Å². The molecule has 0 bridgehead atoms. The fraction of sp³-hybridized carbons (Fsp3) is 0.0370. The second-order valence-corrected chi connectivity index (χ2v) is 7.67. The van der Waals surface area contributed by atoms with Gasteiger partial charge in [-0.3, -0.25) is 4.79 Å². The highest BCUT2D eigenvalue weighted by Crippen LogP contribution is 2.33.